The first kappa shape index (κ1) is 26.6. The van der Waals surface area contributed by atoms with Gasteiger partial charge >= 0.3 is 29.0 Å². The van der Waals surface area contributed by atoms with Crippen LogP contribution in [0.1, 0.15) is 42.0 Å². The predicted molar refractivity (Wildman–Crippen MR) is 69.5 cm³/mol. The van der Waals surface area contributed by atoms with Gasteiger partial charge in [0.2, 0.25) is 0 Å². The van der Waals surface area contributed by atoms with Gasteiger partial charge in [0, 0.05) is 0 Å². The normalized spacial score (nSPS) is 8.32. The fourth-order valence-electron chi connectivity index (χ4n) is 1.22. The van der Waals surface area contributed by atoms with Crippen LogP contribution in [0.15, 0.2) is 12.7 Å². The SMILES string of the molecule is O=C([O-])c1nc[nH]c1C(=O)O.O=C([O-])c1nc[nH]c1C(=O)O.[Fe+2].[OH3+].[OH3+]. The number of imidazole rings is 2. The molecular weight excluding hydrogens is 392 g/mol. The van der Waals surface area contributed by atoms with E-state index in [-0.39, 0.29) is 28.0 Å². The van der Waals surface area contributed by atoms with E-state index >= 15 is 0 Å². The first-order valence-corrected chi connectivity index (χ1v) is 5.21. The average Bonchev–Trinajstić information content (AvgIpc) is 3.08. The van der Waals surface area contributed by atoms with Gasteiger partial charge in [-0.1, -0.05) is 0 Å². The molecule has 0 atom stereocenters. The molecule has 0 saturated carbocycles. The first-order chi connectivity index (χ1) is 10.3. The molecule has 2 heterocycles. The molecule has 25 heavy (non-hydrogen) atoms. The Hall–Kier alpha value is -3.26. The van der Waals surface area contributed by atoms with Crippen LogP contribution in [-0.4, -0.2) is 54.0 Å². The number of aromatic carboxylic acids is 4. The Bertz CT molecular complexity index is 620. The van der Waals surface area contributed by atoms with E-state index in [1.54, 1.807) is 0 Å². The molecule has 0 aromatic carbocycles. The van der Waals surface area contributed by atoms with Crippen molar-refractivity contribution in [2.24, 2.45) is 0 Å². The van der Waals surface area contributed by atoms with Crippen LogP contribution in [0.5, 0.6) is 0 Å². The third kappa shape index (κ3) is 6.79. The van der Waals surface area contributed by atoms with Gasteiger partial charge in [-0.15, -0.1) is 0 Å². The predicted octanol–water partition coefficient (Wildman–Crippen LogP) is -4.90. The molecule has 2 aromatic heterocycles. The second-order valence-corrected chi connectivity index (χ2v) is 3.44. The molecule has 2 rings (SSSR count). The average molecular weight is 404 g/mol. The summed E-state index contributed by atoms with van der Waals surface area (Å²) < 4.78 is 0. The summed E-state index contributed by atoms with van der Waals surface area (Å²) in [6, 6.07) is 0. The summed E-state index contributed by atoms with van der Waals surface area (Å²) in [6.45, 7) is 0. The Balaban J connectivity index is -0.000000346. The third-order valence-electron chi connectivity index (χ3n) is 2.09. The number of H-pyrrole nitrogens is 2. The maximum atomic E-state index is 10.2. The van der Waals surface area contributed by atoms with Gasteiger partial charge in [-0.2, -0.15) is 0 Å². The van der Waals surface area contributed by atoms with Gasteiger partial charge in [0.05, 0.1) is 24.6 Å². The van der Waals surface area contributed by atoms with E-state index in [2.05, 4.69) is 19.9 Å². The van der Waals surface area contributed by atoms with Gasteiger partial charge in [0.15, 0.2) is 11.4 Å². The minimum Gasteiger partial charge on any atom is -0.543 e. The molecule has 0 aliphatic heterocycles. The number of hydrogen-bond acceptors (Lipinski definition) is 8. The molecule has 0 radical (unpaired) electrons. The van der Waals surface area contributed by atoms with Crippen LogP contribution in [0.4, 0.5) is 0 Å². The van der Waals surface area contributed by atoms with E-state index < -0.39 is 46.7 Å². The first-order valence-electron chi connectivity index (χ1n) is 5.21. The molecule has 0 aliphatic rings. The maximum Gasteiger partial charge on any atom is 2.00 e. The Morgan fingerprint density at radius 3 is 1.24 bits per heavy atom. The fourth-order valence-corrected chi connectivity index (χ4v) is 1.22. The number of aromatic nitrogens is 4. The van der Waals surface area contributed by atoms with Crippen molar-refractivity contribution in [3.63, 3.8) is 0 Å². The molecule has 14 nitrogen and oxygen atoms in total. The quantitative estimate of drug-likeness (QED) is 0.278. The van der Waals surface area contributed by atoms with Gasteiger partial charge < -0.3 is 50.9 Å². The summed E-state index contributed by atoms with van der Waals surface area (Å²) in [6.07, 6.45) is 1.96. The summed E-state index contributed by atoms with van der Waals surface area (Å²) in [5.41, 5.74) is -2.11. The second-order valence-electron chi connectivity index (χ2n) is 3.44. The number of carboxylic acid groups (broad SMARTS) is 4. The molecule has 15 heteroatoms. The molecule has 0 unspecified atom stereocenters. The van der Waals surface area contributed by atoms with Crippen molar-refractivity contribution in [3.8, 4) is 0 Å². The molecule has 0 amide bonds. The fraction of sp³-hybridized carbons (Fsp3) is 0. The maximum absolute atomic E-state index is 10.2. The van der Waals surface area contributed by atoms with Crippen LogP contribution in [0.3, 0.4) is 0 Å². The number of carbonyl (C=O) groups is 4. The van der Waals surface area contributed by atoms with E-state index in [4.69, 9.17) is 10.2 Å². The molecule has 2 aromatic rings. The van der Waals surface area contributed by atoms with E-state index in [1.807, 2.05) is 0 Å². The monoisotopic (exact) mass is 404 g/mol. The molecule has 0 spiro atoms. The van der Waals surface area contributed by atoms with E-state index in [0.717, 1.165) is 12.7 Å². The number of nitrogens with zero attached hydrogens (tertiary/aromatic N) is 2. The standard InChI is InChI=1S/2C5H4N2O4.Fe.2H2O/c2*8-4(9)2-3(5(10)11)7-1-6-2;;;/h2*1H,(H,6,7)(H,8,9)(H,10,11);;2*1H2/q;;+2;;. The summed E-state index contributed by atoms with van der Waals surface area (Å²) in [7, 11) is 0. The van der Waals surface area contributed by atoms with Gasteiger partial charge in [-0.25, -0.2) is 19.6 Å². The molecule has 0 saturated heterocycles. The Labute approximate surface area is 147 Å². The van der Waals surface area contributed by atoms with Gasteiger partial charge in [-0.05, 0) is 0 Å². The van der Waals surface area contributed by atoms with Gasteiger partial charge in [0.1, 0.15) is 11.4 Å². The zero-order chi connectivity index (χ0) is 16.9. The van der Waals surface area contributed by atoms with Crippen molar-refractivity contribution in [3.05, 3.63) is 35.4 Å². The molecule has 138 valence electrons. The summed E-state index contributed by atoms with van der Waals surface area (Å²) in [5, 5.41) is 36.9. The number of aromatic amines is 2. The van der Waals surface area contributed by atoms with Crippen LogP contribution in [0.25, 0.3) is 0 Å². The number of hydrogen-bond donors (Lipinski definition) is 4. The van der Waals surface area contributed by atoms with Crippen LogP contribution in [0.2, 0.25) is 0 Å². The Kier molecular flexibility index (Phi) is 12.0. The largest absolute Gasteiger partial charge is 2.00 e. The van der Waals surface area contributed by atoms with Crippen LogP contribution in [0, 0.1) is 0 Å². The second kappa shape index (κ2) is 11.3. The smallest absolute Gasteiger partial charge is 0.543 e. The van der Waals surface area contributed by atoms with Crippen molar-refractivity contribution >= 4 is 23.9 Å². The number of nitrogens with one attached hydrogen (secondary N) is 2. The summed E-state index contributed by atoms with van der Waals surface area (Å²) in [5.74, 6) is -5.96. The molecule has 10 N–H and O–H groups in total. The molecule has 0 aliphatic carbocycles. The van der Waals surface area contributed by atoms with Crippen molar-refractivity contribution in [1.29, 1.82) is 0 Å². The number of carboxylic acids is 4. The Morgan fingerprint density at radius 2 is 1.08 bits per heavy atom. The molecule has 0 bridgehead atoms. The zero-order valence-electron chi connectivity index (χ0n) is 11.9. The topological polar surface area (TPSA) is 278 Å². The van der Waals surface area contributed by atoms with Crippen LogP contribution in [-0.2, 0) is 28.0 Å². The zero-order valence-corrected chi connectivity index (χ0v) is 13.0. The number of carbonyl (C=O) groups excluding carboxylic acids is 2. The van der Waals surface area contributed by atoms with E-state index in [1.165, 1.54) is 0 Å². The van der Waals surface area contributed by atoms with Crippen LogP contribution < -0.4 is 10.2 Å². The summed E-state index contributed by atoms with van der Waals surface area (Å²) >= 11 is 0. The van der Waals surface area contributed by atoms with E-state index in [9.17, 15) is 29.4 Å². The third-order valence-corrected chi connectivity index (χ3v) is 2.09. The molecular formula is C10H12FeN4O10+2. The van der Waals surface area contributed by atoms with Crippen molar-refractivity contribution in [2.45, 2.75) is 0 Å². The Morgan fingerprint density at radius 1 is 0.800 bits per heavy atom. The minimum absolute atomic E-state index is 0. The van der Waals surface area contributed by atoms with E-state index in [0.29, 0.717) is 0 Å². The van der Waals surface area contributed by atoms with Crippen molar-refractivity contribution in [2.75, 3.05) is 0 Å². The number of rotatable bonds is 4. The molecule has 0 fully saturated rings. The van der Waals surface area contributed by atoms with Crippen LogP contribution >= 0.6 is 0 Å². The summed E-state index contributed by atoms with van der Waals surface area (Å²) in [4.78, 5) is 51.5. The van der Waals surface area contributed by atoms with Gasteiger partial charge in [0.25, 0.3) is 0 Å². The van der Waals surface area contributed by atoms with Crippen molar-refractivity contribution < 1.29 is 67.6 Å². The van der Waals surface area contributed by atoms with Crippen molar-refractivity contribution in [1.82, 2.24) is 19.9 Å². The minimum atomic E-state index is -1.61. The van der Waals surface area contributed by atoms with Gasteiger partial charge in [-0.3, -0.25) is 0 Å².